The molecule has 244 valence electrons. The molecule has 6 rings (SSSR count). The first-order valence-electron chi connectivity index (χ1n) is 15.5. The highest BCUT2D eigenvalue weighted by Gasteiger charge is 2.39. The molecule has 0 radical (unpaired) electrons. The standard InChI is InChI=1S/C33H35N7O7/c34-28-27-29(36-19-35-28)40(20-37-27)26-14-13-23(47-26)18-46-33(44)31(42)39-15-7-12-25(39)30(41)38-24(16-21-8-3-1-4-9-21)32(43)45-17-22-10-5-2-6-11-22/h1-6,8-11,19-20,23-26H,7,12-18H2,(H,38,41)(H2,34,35,36)/t23-,24+,25?,26+/m0/s1. The van der Waals surface area contributed by atoms with Gasteiger partial charge in [0.1, 0.15) is 43.4 Å². The van der Waals surface area contributed by atoms with Crippen LogP contribution < -0.4 is 11.1 Å². The molecule has 0 saturated carbocycles. The van der Waals surface area contributed by atoms with Crippen molar-refractivity contribution in [3.8, 4) is 0 Å². The van der Waals surface area contributed by atoms with E-state index in [1.54, 1.807) is 10.9 Å². The van der Waals surface area contributed by atoms with Gasteiger partial charge < -0.3 is 30.2 Å². The Balaban J connectivity index is 1.04. The molecular weight excluding hydrogens is 606 g/mol. The summed E-state index contributed by atoms with van der Waals surface area (Å²) < 4.78 is 18.7. The topological polar surface area (TPSA) is 181 Å². The Labute approximate surface area is 270 Å². The van der Waals surface area contributed by atoms with Gasteiger partial charge in [-0.2, -0.15) is 0 Å². The number of hydrogen-bond acceptors (Lipinski definition) is 11. The number of amides is 2. The third-order valence-electron chi connectivity index (χ3n) is 8.28. The normalized spacial score (nSPS) is 19.7. The van der Waals surface area contributed by atoms with Crippen molar-refractivity contribution in [1.29, 1.82) is 0 Å². The number of imidazole rings is 1. The summed E-state index contributed by atoms with van der Waals surface area (Å²) in [6, 6.07) is 16.5. The predicted octanol–water partition coefficient (Wildman–Crippen LogP) is 2.09. The lowest BCUT2D eigenvalue weighted by atomic mass is 10.1. The third-order valence-corrected chi connectivity index (χ3v) is 8.28. The number of nitrogen functional groups attached to an aromatic ring is 1. The molecule has 3 N–H and O–H groups in total. The van der Waals surface area contributed by atoms with Crippen LogP contribution in [0, 0.1) is 0 Å². The van der Waals surface area contributed by atoms with E-state index in [1.165, 1.54) is 11.2 Å². The van der Waals surface area contributed by atoms with Crippen LogP contribution in [-0.2, 0) is 46.4 Å². The van der Waals surface area contributed by atoms with E-state index < -0.39 is 48.2 Å². The van der Waals surface area contributed by atoms with Gasteiger partial charge in [-0.25, -0.2) is 24.5 Å². The lowest BCUT2D eigenvalue weighted by molar-refractivity contribution is -0.164. The largest absolute Gasteiger partial charge is 0.459 e. The Kier molecular flexibility index (Phi) is 9.67. The van der Waals surface area contributed by atoms with Gasteiger partial charge in [-0.3, -0.25) is 14.2 Å². The van der Waals surface area contributed by atoms with Crippen LogP contribution in [0.1, 0.15) is 43.0 Å². The zero-order valence-corrected chi connectivity index (χ0v) is 25.6. The first-order valence-corrected chi connectivity index (χ1v) is 15.5. The summed E-state index contributed by atoms with van der Waals surface area (Å²) >= 11 is 0. The van der Waals surface area contributed by atoms with Gasteiger partial charge in [0.2, 0.25) is 5.91 Å². The molecule has 14 nitrogen and oxygen atoms in total. The summed E-state index contributed by atoms with van der Waals surface area (Å²) in [6.45, 7) is 0.116. The fourth-order valence-corrected chi connectivity index (χ4v) is 5.87. The first-order chi connectivity index (χ1) is 22.9. The van der Waals surface area contributed by atoms with E-state index in [9.17, 15) is 19.2 Å². The van der Waals surface area contributed by atoms with Crippen molar-refractivity contribution in [2.45, 2.75) is 63.1 Å². The monoisotopic (exact) mass is 641 g/mol. The second-order valence-electron chi connectivity index (χ2n) is 11.5. The average Bonchev–Trinajstić information content (AvgIpc) is 3.87. The number of carbonyl (C=O) groups is 4. The van der Waals surface area contributed by atoms with Gasteiger partial charge in [0.05, 0.1) is 12.4 Å². The Morgan fingerprint density at radius 1 is 0.936 bits per heavy atom. The quantitative estimate of drug-likeness (QED) is 0.191. The molecule has 1 unspecified atom stereocenters. The van der Waals surface area contributed by atoms with Gasteiger partial charge in [-0.1, -0.05) is 60.7 Å². The lowest BCUT2D eigenvalue weighted by Gasteiger charge is -2.25. The number of likely N-dealkylation sites (tertiary alicyclic amines) is 1. The maximum absolute atomic E-state index is 13.5. The van der Waals surface area contributed by atoms with Gasteiger partial charge >= 0.3 is 17.8 Å². The van der Waals surface area contributed by atoms with Gasteiger partial charge in [-0.05, 0) is 36.8 Å². The number of benzene rings is 2. The fraction of sp³-hybridized carbons (Fsp3) is 0.364. The SMILES string of the molecule is Nc1ncnc2c1ncn2[C@H]1CC[C@@H](COC(=O)C(=O)N2CCCC2C(=O)N[C@H](Cc2ccccc2)C(=O)OCc2ccccc2)O1. The number of aromatic nitrogens is 4. The predicted molar refractivity (Wildman–Crippen MR) is 167 cm³/mol. The molecule has 0 aliphatic carbocycles. The smallest absolute Gasteiger partial charge is 0.397 e. The van der Waals surface area contributed by atoms with Crippen molar-refractivity contribution in [2.75, 3.05) is 18.9 Å². The van der Waals surface area contributed by atoms with Crippen LogP contribution in [0.4, 0.5) is 5.82 Å². The maximum atomic E-state index is 13.5. The fourth-order valence-electron chi connectivity index (χ4n) is 5.87. The van der Waals surface area contributed by atoms with Crippen LogP contribution in [0.3, 0.4) is 0 Å². The Bertz CT molecular complexity index is 1730. The number of rotatable bonds is 10. The summed E-state index contributed by atoms with van der Waals surface area (Å²) in [5.41, 5.74) is 8.52. The first kappa shape index (κ1) is 31.6. The zero-order valence-electron chi connectivity index (χ0n) is 25.6. The van der Waals surface area contributed by atoms with Crippen molar-refractivity contribution in [3.05, 3.63) is 84.4 Å². The molecule has 2 aliphatic heterocycles. The number of fused-ring (bicyclic) bond motifs is 1. The van der Waals surface area contributed by atoms with E-state index >= 15 is 0 Å². The molecular formula is C33H35N7O7. The van der Waals surface area contributed by atoms with Crippen LogP contribution in [0.5, 0.6) is 0 Å². The summed E-state index contributed by atoms with van der Waals surface area (Å²) in [5, 5.41) is 2.77. The minimum atomic E-state index is -1.08. The molecule has 2 aromatic carbocycles. The highest BCUT2D eigenvalue weighted by atomic mass is 16.6. The number of nitrogens with two attached hydrogens (primary N) is 1. The van der Waals surface area contributed by atoms with Crippen molar-refractivity contribution in [1.82, 2.24) is 29.7 Å². The van der Waals surface area contributed by atoms with E-state index in [0.29, 0.717) is 36.8 Å². The van der Waals surface area contributed by atoms with E-state index in [4.69, 9.17) is 19.9 Å². The number of ether oxygens (including phenoxy) is 3. The molecule has 2 aromatic heterocycles. The highest BCUT2D eigenvalue weighted by molar-refractivity contribution is 6.33. The highest BCUT2D eigenvalue weighted by Crippen LogP contribution is 2.31. The Morgan fingerprint density at radius 2 is 1.68 bits per heavy atom. The summed E-state index contributed by atoms with van der Waals surface area (Å²) in [6.07, 6.45) is 4.30. The van der Waals surface area contributed by atoms with E-state index in [2.05, 4.69) is 20.3 Å². The molecule has 14 heteroatoms. The van der Waals surface area contributed by atoms with Gasteiger partial charge in [0, 0.05) is 13.0 Å². The molecule has 4 atom stereocenters. The van der Waals surface area contributed by atoms with E-state index in [0.717, 1.165) is 11.1 Å². The summed E-state index contributed by atoms with van der Waals surface area (Å²) in [5.74, 6) is -2.87. The van der Waals surface area contributed by atoms with Gasteiger partial charge in [0.25, 0.3) is 0 Å². The number of carbonyl (C=O) groups excluding carboxylic acids is 4. The Morgan fingerprint density at radius 3 is 2.45 bits per heavy atom. The van der Waals surface area contributed by atoms with E-state index in [-0.39, 0.29) is 32.0 Å². The molecule has 2 fully saturated rings. The lowest BCUT2D eigenvalue weighted by Crippen LogP contribution is -2.53. The van der Waals surface area contributed by atoms with Crippen LogP contribution in [0.15, 0.2) is 73.3 Å². The summed E-state index contributed by atoms with van der Waals surface area (Å²) in [4.78, 5) is 66.3. The average molecular weight is 642 g/mol. The van der Waals surface area contributed by atoms with Gasteiger partial charge in [-0.15, -0.1) is 0 Å². The second-order valence-corrected chi connectivity index (χ2v) is 11.5. The zero-order chi connectivity index (χ0) is 32.8. The number of anilines is 1. The Hall–Kier alpha value is -5.37. The molecule has 0 spiro atoms. The molecule has 2 amide bonds. The van der Waals surface area contributed by atoms with Crippen molar-refractivity contribution >= 4 is 40.7 Å². The van der Waals surface area contributed by atoms with E-state index in [1.807, 2.05) is 60.7 Å². The molecule has 47 heavy (non-hydrogen) atoms. The van der Waals surface area contributed by atoms with Crippen LogP contribution >= 0.6 is 0 Å². The van der Waals surface area contributed by atoms with Gasteiger partial charge in [0.15, 0.2) is 11.5 Å². The van der Waals surface area contributed by atoms with Crippen LogP contribution in [-0.4, -0.2) is 79.5 Å². The summed E-state index contributed by atoms with van der Waals surface area (Å²) in [7, 11) is 0. The molecule has 4 aromatic rings. The number of nitrogens with one attached hydrogen (secondary N) is 1. The molecule has 0 bridgehead atoms. The minimum absolute atomic E-state index is 0.0497. The minimum Gasteiger partial charge on any atom is -0.459 e. The van der Waals surface area contributed by atoms with Crippen LogP contribution in [0.25, 0.3) is 11.2 Å². The van der Waals surface area contributed by atoms with Crippen molar-refractivity contribution < 1.29 is 33.4 Å². The molecule has 4 heterocycles. The molecule has 2 aliphatic rings. The second kappa shape index (κ2) is 14.4. The maximum Gasteiger partial charge on any atom is 0.397 e. The van der Waals surface area contributed by atoms with Crippen molar-refractivity contribution in [2.24, 2.45) is 0 Å². The molecule has 2 saturated heterocycles. The number of esters is 2. The van der Waals surface area contributed by atoms with Crippen LogP contribution in [0.2, 0.25) is 0 Å². The van der Waals surface area contributed by atoms with Crippen molar-refractivity contribution in [3.63, 3.8) is 0 Å². The number of nitrogens with zero attached hydrogens (tertiary/aromatic N) is 5. The number of hydrogen-bond donors (Lipinski definition) is 2. The third kappa shape index (κ3) is 7.38.